The fourth-order valence-corrected chi connectivity index (χ4v) is 5.00. The number of hydrogen-bond donors (Lipinski definition) is 0. The maximum Gasteiger partial charge on any atom is 0.191 e. The second-order valence-corrected chi connectivity index (χ2v) is 8.84. The Labute approximate surface area is 168 Å². The molecule has 0 N–H and O–H groups in total. The van der Waals surface area contributed by atoms with Gasteiger partial charge in [-0.15, -0.1) is 21.5 Å². The summed E-state index contributed by atoms with van der Waals surface area (Å²) >= 11 is 3.40. The molecule has 1 saturated heterocycles. The van der Waals surface area contributed by atoms with Crippen LogP contribution in [0, 0.1) is 0 Å². The summed E-state index contributed by atoms with van der Waals surface area (Å²) in [5, 5.41) is 13.1. The van der Waals surface area contributed by atoms with Crippen molar-refractivity contribution in [2.24, 2.45) is 0 Å². The Morgan fingerprint density at radius 3 is 2.85 bits per heavy atom. The summed E-state index contributed by atoms with van der Waals surface area (Å²) < 4.78 is 8.08. The van der Waals surface area contributed by atoms with Crippen LogP contribution < -0.4 is 0 Å². The van der Waals surface area contributed by atoms with Crippen LogP contribution in [0.25, 0.3) is 10.6 Å². The number of nitrogens with zero attached hydrogens (tertiary/aromatic N) is 4. The minimum atomic E-state index is 0.279. The first-order valence-corrected chi connectivity index (χ1v) is 11.2. The Bertz CT molecular complexity index is 869. The molecule has 0 bridgehead atoms. The number of thioether (sulfide) groups is 1. The molecule has 1 aliphatic heterocycles. The summed E-state index contributed by atoms with van der Waals surface area (Å²) in [6, 6.07) is 10.3. The van der Waals surface area contributed by atoms with E-state index in [0.29, 0.717) is 5.92 Å². The monoisotopic (exact) mass is 400 g/mol. The lowest BCUT2D eigenvalue weighted by Gasteiger charge is -2.15. The molecule has 142 valence electrons. The Hall–Kier alpha value is -1.70. The molecule has 0 aliphatic carbocycles. The van der Waals surface area contributed by atoms with E-state index < -0.39 is 0 Å². The summed E-state index contributed by atoms with van der Waals surface area (Å²) in [5.41, 5.74) is 2.25. The van der Waals surface area contributed by atoms with E-state index in [9.17, 15) is 0 Å². The second kappa shape index (κ2) is 8.54. The molecule has 1 unspecified atom stereocenters. The molecule has 3 aromatic rings. The van der Waals surface area contributed by atoms with E-state index in [2.05, 4.69) is 46.1 Å². The predicted molar refractivity (Wildman–Crippen MR) is 110 cm³/mol. The van der Waals surface area contributed by atoms with Crippen LogP contribution in [0.1, 0.15) is 44.1 Å². The number of thiazole rings is 1. The largest absolute Gasteiger partial charge is 0.376 e. The molecule has 4 rings (SSSR count). The molecular weight excluding hydrogens is 376 g/mol. The van der Waals surface area contributed by atoms with Gasteiger partial charge in [0.25, 0.3) is 0 Å². The maximum absolute atomic E-state index is 5.83. The molecule has 1 aromatic carbocycles. The molecule has 1 fully saturated rings. The summed E-state index contributed by atoms with van der Waals surface area (Å²) in [4.78, 5) is 4.79. The zero-order valence-electron chi connectivity index (χ0n) is 15.7. The van der Waals surface area contributed by atoms with Crippen LogP contribution in [-0.2, 0) is 17.0 Å². The van der Waals surface area contributed by atoms with Crippen molar-refractivity contribution in [3.63, 3.8) is 0 Å². The van der Waals surface area contributed by atoms with E-state index in [-0.39, 0.29) is 6.10 Å². The van der Waals surface area contributed by atoms with Gasteiger partial charge in [-0.3, -0.25) is 0 Å². The van der Waals surface area contributed by atoms with Gasteiger partial charge < -0.3 is 9.30 Å². The van der Waals surface area contributed by atoms with Gasteiger partial charge in [-0.25, -0.2) is 4.98 Å². The van der Waals surface area contributed by atoms with Crippen molar-refractivity contribution in [3.05, 3.63) is 47.2 Å². The highest BCUT2D eigenvalue weighted by molar-refractivity contribution is 7.98. The minimum absolute atomic E-state index is 0.279. The number of ether oxygens (including phenoxy) is 1. The van der Waals surface area contributed by atoms with Crippen LogP contribution >= 0.6 is 23.1 Å². The standard InChI is InChI=1S/C20H24N4OS2/c1-14(2)18-22-23-20(24(18)11-17-9-6-10-25-17)27-13-16-12-26-19(21-16)15-7-4-3-5-8-15/h3-5,7-8,12,14,17H,6,9-11,13H2,1-2H3. The van der Waals surface area contributed by atoms with Gasteiger partial charge in [0.1, 0.15) is 10.8 Å². The van der Waals surface area contributed by atoms with Crippen molar-refractivity contribution in [1.29, 1.82) is 0 Å². The first-order chi connectivity index (χ1) is 13.2. The third-order valence-electron chi connectivity index (χ3n) is 4.59. The first-order valence-electron chi connectivity index (χ1n) is 9.38. The third-order valence-corrected chi connectivity index (χ3v) is 6.53. The van der Waals surface area contributed by atoms with E-state index >= 15 is 0 Å². The molecule has 0 radical (unpaired) electrons. The highest BCUT2D eigenvalue weighted by Gasteiger charge is 2.22. The van der Waals surface area contributed by atoms with Gasteiger partial charge in [-0.1, -0.05) is 55.9 Å². The van der Waals surface area contributed by atoms with Gasteiger partial charge >= 0.3 is 0 Å². The van der Waals surface area contributed by atoms with Gasteiger partial charge in [-0.2, -0.15) is 0 Å². The number of benzene rings is 1. The average Bonchev–Trinajstić information content (AvgIpc) is 3.42. The molecule has 0 saturated carbocycles. The van der Waals surface area contributed by atoms with Gasteiger partial charge in [-0.05, 0) is 12.8 Å². The zero-order valence-corrected chi connectivity index (χ0v) is 17.3. The Balaban J connectivity index is 1.47. The van der Waals surface area contributed by atoms with Gasteiger partial charge in [0, 0.05) is 29.2 Å². The Morgan fingerprint density at radius 2 is 2.11 bits per heavy atom. The van der Waals surface area contributed by atoms with E-state index in [4.69, 9.17) is 9.72 Å². The Morgan fingerprint density at radius 1 is 1.26 bits per heavy atom. The normalized spacial score (nSPS) is 17.1. The molecule has 1 atom stereocenters. The van der Waals surface area contributed by atoms with E-state index in [1.54, 1.807) is 23.1 Å². The van der Waals surface area contributed by atoms with Crippen LogP contribution in [0.5, 0.6) is 0 Å². The van der Waals surface area contributed by atoms with Gasteiger partial charge in [0.05, 0.1) is 18.3 Å². The SMILES string of the molecule is CC(C)c1nnc(SCc2csc(-c3ccccc3)n2)n1CC1CCCO1. The second-order valence-electron chi connectivity index (χ2n) is 7.04. The zero-order chi connectivity index (χ0) is 18.6. The lowest BCUT2D eigenvalue weighted by Crippen LogP contribution is -2.18. The molecule has 3 heterocycles. The molecule has 0 spiro atoms. The van der Waals surface area contributed by atoms with Crippen molar-refractivity contribution in [2.45, 2.75) is 56.2 Å². The van der Waals surface area contributed by atoms with Gasteiger partial charge in [0.2, 0.25) is 0 Å². The highest BCUT2D eigenvalue weighted by Crippen LogP contribution is 2.29. The van der Waals surface area contributed by atoms with Crippen LogP contribution in [0.2, 0.25) is 0 Å². The first kappa shape index (κ1) is 18.7. The van der Waals surface area contributed by atoms with Gasteiger partial charge in [0.15, 0.2) is 5.16 Å². The van der Waals surface area contributed by atoms with Crippen molar-refractivity contribution in [2.75, 3.05) is 6.61 Å². The molecule has 7 heteroatoms. The Kier molecular flexibility index (Phi) is 5.90. The molecular formula is C20H24N4OS2. The molecule has 5 nitrogen and oxygen atoms in total. The summed E-state index contributed by atoms with van der Waals surface area (Å²) in [5.74, 6) is 2.18. The van der Waals surface area contributed by atoms with Crippen LogP contribution in [0.15, 0.2) is 40.9 Å². The molecule has 0 amide bonds. The fourth-order valence-electron chi connectivity index (χ4n) is 3.22. The van der Waals surface area contributed by atoms with E-state index in [1.165, 1.54) is 5.56 Å². The van der Waals surface area contributed by atoms with E-state index in [0.717, 1.165) is 53.4 Å². The predicted octanol–water partition coefficient (Wildman–Crippen LogP) is 5.00. The molecule has 27 heavy (non-hydrogen) atoms. The smallest absolute Gasteiger partial charge is 0.191 e. The average molecular weight is 401 g/mol. The minimum Gasteiger partial charge on any atom is -0.376 e. The summed E-state index contributed by atoms with van der Waals surface area (Å²) in [7, 11) is 0. The summed E-state index contributed by atoms with van der Waals surface area (Å²) in [6.07, 6.45) is 2.54. The summed E-state index contributed by atoms with van der Waals surface area (Å²) in [6.45, 7) is 6.04. The molecule has 2 aromatic heterocycles. The van der Waals surface area contributed by atoms with E-state index in [1.807, 2.05) is 18.2 Å². The lowest BCUT2D eigenvalue weighted by atomic mass is 10.2. The highest BCUT2D eigenvalue weighted by atomic mass is 32.2. The van der Waals surface area contributed by atoms with Crippen molar-refractivity contribution in [3.8, 4) is 10.6 Å². The topological polar surface area (TPSA) is 52.8 Å². The van der Waals surface area contributed by atoms with Crippen LogP contribution in [0.3, 0.4) is 0 Å². The van der Waals surface area contributed by atoms with Crippen LogP contribution in [-0.4, -0.2) is 32.5 Å². The van der Waals surface area contributed by atoms with Crippen molar-refractivity contribution >= 4 is 23.1 Å². The number of aromatic nitrogens is 4. The third kappa shape index (κ3) is 4.42. The lowest BCUT2D eigenvalue weighted by molar-refractivity contribution is 0.0940. The fraction of sp³-hybridized carbons (Fsp3) is 0.450. The maximum atomic E-state index is 5.83. The quantitative estimate of drug-likeness (QED) is 0.523. The number of hydrogen-bond acceptors (Lipinski definition) is 6. The molecule has 1 aliphatic rings. The van der Waals surface area contributed by atoms with Crippen molar-refractivity contribution in [1.82, 2.24) is 19.7 Å². The van der Waals surface area contributed by atoms with Crippen molar-refractivity contribution < 1.29 is 4.74 Å². The van der Waals surface area contributed by atoms with Crippen LogP contribution in [0.4, 0.5) is 0 Å². The number of rotatable bonds is 7.